The van der Waals surface area contributed by atoms with Crippen LogP contribution in [0, 0.1) is 12.7 Å². The van der Waals surface area contributed by atoms with Gasteiger partial charge in [0.1, 0.15) is 28.1 Å². The van der Waals surface area contributed by atoms with Crippen LogP contribution in [0.2, 0.25) is 0 Å². The number of hydrogen-bond donors (Lipinski definition) is 1. The number of benzene rings is 1. The molecule has 2 aromatic rings. The second-order valence-corrected chi connectivity index (χ2v) is 6.90. The van der Waals surface area contributed by atoms with Gasteiger partial charge in [-0.1, -0.05) is 0 Å². The van der Waals surface area contributed by atoms with Crippen molar-refractivity contribution >= 4 is 42.1 Å². The zero-order chi connectivity index (χ0) is 17.1. The van der Waals surface area contributed by atoms with E-state index < -0.39 is 0 Å². The number of piperazine rings is 1. The van der Waals surface area contributed by atoms with Gasteiger partial charge in [0.05, 0.1) is 5.69 Å². The molecule has 144 valence electrons. The van der Waals surface area contributed by atoms with Gasteiger partial charge < -0.3 is 15.0 Å². The number of hydrogen-bond acceptors (Lipinski definition) is 5. The molecule has 3 rings (SSSR count). The van der Waals surface area contributed by atoms with Gasteiger partial charge in [-0.05, 0) is 38.1 Å². The van der Waals surface area contributed by atoms with Crippen molar-refractivity contribution < 1.29 is 13.9 Å². The number of carbonyl (C=O) groups excluding carboxylic acids is 1. The van der Waals surface area contributed by atoms with Crippen molar-refractivity contribution in [3.63, 3.8) is 0 Å². The molecule has 9 heteroatoms. The normalized spacial score (nSPS) is 16.4. The zero-order valence-electron chi connectivity index (χ0n) is 14.5. The third kappa shape index (κ3) is 5.30. The minimum atomic E-state index is -0.300. The van der Waals surface area contributed by atoms with Crippen LogP contribution in [0.25, 0.3) is 0 Å². The molecule has 1 saturated heterocycles. The quantitative estimate of drug-likeness (QED) is 0.820. The molecule has 1 aliphatic rings. The summed E-state index contributed by atoms with van der Waals surface area (Å²) >= 11 is 1.36. The fourth-order valence-electron chi connectivity index (χ4n) is 2.66. The Hall–Kier alpha value is -1.41. The predicted molar refractivity (Wildman–Crippen MR) is 105 cm³/mol. The summed E-state index contributed by atoms with van der Waals surface area (Å²) in [6.07, 6.45) is 0. The van der Waals surface area contributed by atoms with Crippen molar-refractivity contribution in [2.75, 3.05) is 19.6 Å². The Morgan fingerprint density at radius 2 is 2.08 bits per heavy atom. The lowest BCUT2D eigenvalue weighted by Gasteiger charge is -2.33. The average Bonchev–Trinajstić information content (AvgIpc) is 2.95. The summed E-state index contributed by atoms with van der Waals surface area (Å²) in [5, 5.41) is 4.02. The van der Waals surface area contributed by atoms with E-state index in [2.05, 4.69) is 10.3 Å². The molecule has 1 amide bonds. The fourth-order valence-corrected chi connectivity index (χ4v) is 3.60. The van der Waals surface area contributed by atoms with Crippen molar-refractivity contribution in [1.29, 1.82) is 0 Å². The van der Waals surface area contributed by atoms with Gasteiger partial charge in [0, 0.05) is 25.7 Å². The molecule has 0 radical (unpaired) electrons. The third-order valence-corrected chi connectivity index (χ3v) is 5.09. The topological polar surface area (TPSA) is 54.5 Å². The first kappa shape index (κ1) is 22.6. The highest BCUT2D eigenvalue weighted by molar-refractivity contribution is 7.13. The Morgan fingerprint density at radius 3 is 2.73 bits per heavy atom. The fraction of sp³-hybridized carbons (Fsp3) is 0.412. The molecule has 0 aliphatic carbocycles. The Balaban J connectivity index is 0.00000169. The minimum Gasteiger partial charge on any atom is -0.486 e. The molecular formula is C17H22Cl2FN3O2S. The lowest BCUT2D eigenvalue weighted by Crippen LogP contribution is -2.52. The number of aryl methyl sites for hydroxylation is 1. The van der Waals surface area contributed by atoms with E-state index in [4.69, 9.17) is 4.74 Å². The van der Waals surface area contributed by atoms with E-state index in [1.807, 2.05) is 18.7 Å². The van der Waals surface area contributed by atoms with E-state index >= 15 is 0 Å². The second-order valence-electron chi connectivity index (χ2n) is 5.82. The zero-order valence-corrected chi connectivity index (χ0v) is 17.0. The molecule has 1 N–H and O–H groups in total. The first-order valence-electron chi connectivity index (χ1n) is 7.91. The van der Waals surface area contributed by atoms with Gasteiger partial charge in [-0.15, -0.1) is 36.2 Å². The van der Waals surface area contributed by atoms with Crippen molar-refractivity contribution in [1.82, 2.24) is 15.2 Å². The molecule has 1 aromatic carbocycles. The molecule has 1 atom stereocenters. The highest BCUT2D eigenvalue weighted by Gasteiger charge is 2.27. The van der Waals surface area contributed by atoms with Gasteiger partial charge in [-0.2, -0.15) is 0 Å². The number of nitrogens with zero attached hydrogens (tertiary/aromatic N) is 2. The monoisotopic (exact) mass is 421 g/mol. The van der Waals surface area contributed by atoms with Crippen LogP contribution in [-0.4, -0.2) is 41.5 Å². The van der Waals surface area contributed by atoms with E-state index in [-0.39, 0.29) is 49.2 Å². The number of amides is 1. The summed E-state index contributed by atoms with van der Waals surface area (Å²) in [6.45, 7) is 6.48. The van der Waals surface area contributed by atoms with Gasteiger partial charge in [-0.25, -0.2) is 9.37 Å². The van der Waals surface area contributed by atoms with Gasteiger partial charge in [0.15, 0.2) is 0 Å². The van der Waals surface area contributed by atoms with Crippen LogP contribution in [-0.2, 0) is 6.61 Å². The molecule has 2 heterocycles. The largest absolute Gasteiger partial charge is 0.486 e. The van der Waals surface area contributed by atoms with Crippen LogP contribution in [0.1, 0.15) is 27.3 Å². The molecule has 5 nitrogen and oxygen atoms in total. The van der Waals surface area contributed by atoms with Crippen LogP contribution in [0.5, 0.6) is 5.75 Å². The molecule has 0 bridgehead atoms. The Morgan fingerprint density at radius 1 is 1.38 bits per heavy atom. The van der Waals surface area contributed by atoms with Crippen molar-refractivity contribution in [2.45, 2.75) is 26.5 Å². The first-order chi connectivity index (χ1) is 11.5. The lowest BCUT2D eigenvalue weighted by atomic mass is 10.2. The maximum Gasteiger partial charge on any atom is 0.266 e. The maximum absolute atomic E-state index is 12.9. The van der Waals surface area contributed by atoms with Gasteiger partial charge in [-0.3, -0.25) is 4.79 Å². The van der Waals surface area contributed by atoms with Crippen LogP contribution in [0.15, 0.2) is 24.3 Å². The molecule has 1 aromatic heterocycles. The molecule has 26 heavy (non-hydrogen) atoms. The Labute approximate surface area is 168 Å². The van der Waals surface area contributed by atoms with E-state index in [9.17, 15) is 9.18 Å². The molecular weight excluding hydrogens is 400 g/mol. The Kier molecular flexibility index (Phi) is 8.76. The number of aromatic nitrogens is 1. The number of nitrogens with one attached hydrogen (secondary N) is 1. The standard InChI is InChI=1S/C17H20FN3O2S.2ClH/c1-11-9-19-7-8-21(11)17(22)16-12(2)20-15(24-16)10-23-14-5-3-13(18)4-6-14;;/h3-6,11,19H,7-10H2,1-2H3;2*1H/t11-;;/m0../s1. The molecule has 1 aliphatic heterocycles. The Bertz CT molecular complexity index is 727. The molecule has 0 unspecified atom stereocenters. The van der Waals surface area contributed by atoms with Gasteiger partial charge in [0.25, 0.3) is 5.91 Å². The summed E-state index contributed by atoms with van der Waals surface area (Å²) in [6, 6.07) is 6.02. The predicted octanol–water partition coefficient (Wildman–Crippen LogP) is 3.45. The minimum absolute atomic E-state index is 0. The second kappa shape index (κ2) is 10.1. The van der Waals surface area contributed by atoms with Crippen LogP contribution < -0.4 is 10.1 Å². The van der Waals surface area contributed by atoms with Gasteiger partial charge in [0.2, 0.25) is 0 Å². The SMILES string of the molecule is Cc1nc(COc2ccc(F)cc2)sc1C(=O)N1CCNC[C@@H]1C.Cl.Cl. The number of rotatable bonds is 4. The molecule has 0 saturated carbocycles. The third-order valence-electron chi connectivity index (χ3n) is 3.97. The van der Waals surface area contributed by atoms with E-state index in [0.717, 1.165) is 23.8 Å². The number of halogens is 3. The smallest absolute Gasteiger partial charge is 0.266 e. The van der Waals surface area contributed by atoms with Crippen LogP contribution in [0.3, 0.4) is 0 Å². The average molecular weight is 422 g/mol. The number of thiazole rings is 1. The number of ether oxygens (including phenoxy) is 1. The highest BCUT2D eigenvalue weighted by Crippen LogP contribution is 2.23. The van der Waals surface area contributed by atoms with Crippen LogP contribution >= 0.6 is 36.2 Å². The van der Waals surface area contributed by atoms with Crippen LogP contribution in [0.4, 0.5) is 4.39 Å². The summed E-state index contributed by atoms with van der Waals surface area (Å²) in [5.41, 5.74) is 0.730. The van der Waals surface area contributed by atoms with E-state index in [1.54, 1.807) is 12.1 Å². The van der Waals surface area contributed by atoms with E-state index in [0.29, 0.717) is 17.2 Å². The van der Waals surface area contributed by atoms with Gasteiger partial charge >= 0.3 is 0 Å². The first-order valence-corrected chi connectivity index (χ1v) is 8.72. The van der Waals surface area contributed by atoms with E-state index in [1.165, 1.54) is 23.5 Å². The molecule has 0 spiro atoms. The van der Waals surface area contributed by atoms with Crippen molar-refractivity contribution in [2.24, 2.45) is 0 Å². The summed E-state index contributed by atoms with van der Waals surface area (Å²) in [4.78, 5) is 19.7. The number of carbonyl (C=O) groups is 1. The van der Waals surface area contributed by atoms with Crippen molar-refractivity contribution in [3.05, 3.63) is 45.7 Å². The maximum atomic E-state index is 12.9. The summed E-state index contributed by atoms with van der Waals surface area (Å²) < 4.78 is 18.5. The van der Waals surface area contributed by atoms with Crippen molar-refractivity contribution in [3.8, 4) is 5.75 Å². The highest BCUT2D eigenvalue weighted by atomic mass is 35.5. The lowest BCUT2D eigenvalue weighted by molar-refractivity contribution is 0.0660. The molecule has 1 fully saturated rings. The summed E-state index contributed by atoms with van der Waals surface area (Å²) in [5.74, 6) is 0.311. The summed E-state index contributed by atoms with van der Waals surface area (Å²) in [7, 11) is 0.